The van der Waals surface area contributed by atoms with Crippen LogP contribution >= 0.6 is 11.6 Å². The SMILES string of the molecule is Cc1ccc(/C=N\OCc2nc3ccccc3c(C)c2Cl)cc1. The number of para-hydroxylation sites is 1. The Kier molecular flexibility index (Phi) is 4.58. The van der Waals surface area contributed by atoms with Crippen LogP contribution in [0.5, 0.6) is 0 Å². The molecule has 3 aromatic rings. The Bertz CT molecular complexity index is 857. The minimum absolute atomic E-state index is 0.243. The summed E-state index contributed by atoms with van der Waals surface area (Å²) in [5.74, 6) is 0. The molecule has 116 valence electrons. The van der Waals surface area contributed by atoms with Crippen LogP contribution < -0.4 is 0 Å². The second-order valence-corrected chi connectivity index (χ2v) is 5.81. The molecule has 0 spiro atoms. The van der Waals surface area contributed by atoms with Crippen LogP contribution in [0.25, 0.3) is 10.9 Å². The van der Waals surface area contributed by atoms with Crippen molar-refractivity contribution in [3.63, 3.8) is 0 Å². The first-order valence-corrected chi connectivity index (χ1v) is 7.78. The lowest BCUT2D eigenvalue weighted by atomic mass is 10.1. The lowest BCUT2D eigenvalue weighted by Crippen LogP contribution is -1.97. The van der Waals surface area contributed by atoms with Gasteiger partial charge in [-0.3, -0.25) is 0 Å². The zero-order valence-corrected chi connectivity index (χ0v) is 13.8. The number of fused-ring (bicyclic) bond motifs is 1. The van der Waals surface area contributed by atoms with Gasteiger partial charge in [-0.25, -0.2) is 4.98 Å². The number of rotatable bonds is 4. The molecule has 0 saturated carbocycles. The Morgan fingerprint density at radius 2 is 1.83 bits per heavy atom. The fourth-order valence-electron chi connectivity index (χ4n) is 2.36. The molecular formula is C19H17ClN2O. The lowest BCUT2D eigenvalue weighted by molar-refractivity contribution is 0.129. The molecule has 0 unspecified atom stereocenters. The van der Waals surface area contributed by atoms with E-state index in [1.807, 2.05) is 62.4 Å². The average Bonchev–Trinajstić information content (AvgIpc) is 2.57. The van der Waals surface area contributed by atoms with Crippen molar-refractivity contribution in [2.24, 2.45) is 5.16 Å². The zero-order valence-electron chi connectivity index (χ0n) is 13.1. The van der Waals surface area contributed by atoms with E-state index in [9.17, 15) is 0 Å². The maximum Gasteiger partial charge on any atom is 0.160 e. The van der Waals surface area contributed by atoms with E-state index in [1.54, 1.807) is 6.21 Å². The second-order valence-electron chi connectivity index (χ2n) is 5.43. The average molecular weight is 325 g/mol. The number of oxime groups is 1. The first-order chi connectivity index (χ1) is 11.1. The van der Waals surface area contributed by atoms with E-state index in [1.165, 1.54) is 5.56 Å². The molecule has 2 aromatic carbocycles. The van der Waals surface area contributed by atoms with Crippen LogP contribution in [0.4, 0.5) is 0 Å². The maximum absolute atomic E-state index is 6.39. The van der Waals surface area contributed by atoms with E-state index >= 15 is 0 Å². The Hall–Kier alpha value is -2.39. The van der Waals surface area contributed by atoms with E-state index < -0.39 is 0 Å². The predicted octanol–water partition coefficient (Wildman–Crippen LogP) is 5.06. The monoisotopic (exact) mass is 324 g/mol. The summed E-state index contributed by atoms with van der Waals surface area (Å²) in [5.41, 5.74) is 4.83. The minimum Gasteiger partial charge on any atom is -0.389 e. The zero-order chi connectivity index (χ0) is 16.2. The van der Waals surface area contributed by atoms with E-state index in [2.05, 4.69) is 10.1 Å². The van der Waals surface area contributed by atoms with Crippen LogP contribution in [-0.2, 0) is 11.4 Å². The Morgan fingerprint density at radius 3 is 2.61 bits per heavy atom. The summed E-state index contributed by atoms with van der Waals surface area (Å²) in [4.78, 5) is 9.92. The maximum atomic E-state index is 6.39. The van der Waals surface area contributed by atoms with Gasteiger partial charge in [0, 0.05) is 5.39 Å². The van der Waals surface area contributed by atoms with E-state index in [0.29, 0.717) is 10.7 Å². The van der Waals surface area contributed by atoms with Crippen molar-refractivity contribution in [3.05, 3.63) is 75.9 Å². The Balaban J connectivity index is 1.74. The predicted molar refractivity (Wildman–Crippen MR) is 95.1 cm³/mol. The normalized spacial score (nSPS) is 11.3. The molecule has 0 aliphatic carbocycles. The van der Waals surface area contributed by atoms with E-state index in [0.717, 1.165) is 22.0 Å². The molecule has 1 aromatic heterocycles. The summed E-state index contributed by atoms with van der Waals surface area (Å²) in [6.07, 6.45) is 1.68. The molecule has 0 radical (unpaired) electrons. The van der Waals surface area contributed by atoms with Gasteiger partial charge < -0.3 is 4.84 Å². The summed E-state index contributed by atoms with van der Waals surface area (Å²) in [6, 6.07) is 16.0. The number of benzene rings is 2. The van der Waals surface area contributed by atoms with Gasteiger partial charge in [0.2, 0.25) is 0 Å². The van der Waals surface area contributed by atoms with Crippen molar-refractivity contribution in [3.8, 4) is 0 Å². The molecule has 0 fully saturated rings. The largest absolute Gasteiger partial charge is 0.389 e. The van der Waals surface area contributed by atoms with Crippen molar-refractivity contribution < 1.29 is 4.84 Å². The molecule has 0 aliphatic rings. The van der Waals surface area contributed by atoms with Gasteiger partial charge in [-0.05, 0) is 31.0 Å². The van der Waals surface area contributed by atoms with Gasteiger partial charge >= 0.3 is 0 Å². The fraction of sp³-hybridized carbons (Fsp3) is 0.158. The van der Waals surface area contributed by atoms with Gasteiger partial charge in [-0.2, -0.15) is 0 Å². The van der Waals surface area contributed by atoms with Gasteiger partial charge in [0.15, 0.2) is 6.61 Å². The van der Waals surface area contributed by atoms with Gasteiger partial charge in [0.05, 0.1) is 16.8 Å². The number of hydrogen-bond donors (Lipinski definition) is 0. The quantitative estimate of drug-likeness (QED) is 0.497. The van der Waals surface area contributed by atoms with Gasteiger partial charge in [0.25, 0.3) is 0 Å². The van der Waals surface area contributed by atoms with Crippen molar-refractivity contribution in [2.75, 3.05) is 0 Å². The van der Waals surface area contributed by atoms with Crippen LogP contribution in [0.15, 0.2) is 53.7 Å². The highest BCUT2D eigenvalue weighted by molar-refractivity contribution is 6.32. The van der Waals surface area contributed by atoms with Crippen LogP contribution in [0.1, 0.15) is 22.4 Å². The second kappa shape index (κ2) is 6.80. The van der Waals surface area contributed by atoms with Crippen molar-refractivity contribution in [2.45, 2.75) is 20.5 Å². The van der Waals surface area contributed by atoms with Gasteiger partial charge in [-0.15, -0.1) is 0 Å². The molecule has 23 heavy (non-hydrogen) atoms. The van der Waals surface area contributed by atoms with Crippen LogP contribution in [-0.4, -0.2) is 11.2 Å². The number of pyridine rings is 1. The van der Waals surface area contributed by atoms with E-state index in [-0.39, 0.29) is 6.61 Å². The molecule has 0 amide bonds. The van der Waals surface area contributed by atoms with Gasteiger partial charge in [0.1, 0.15) is 5.69 Å². The fourth-order valence-corrected chi connectivity index (χ4v) is 2.56. The number of hydrogen-bond acceptors (Lipinski definition) is 3. The molecule has 4 heteroatoms. The number of halogens is 1. The van der Waals surface area contributed by atoms with Crippen LogP contribution in [0.2, 0.25) is 5.02 Å². The summed E-state index contributed by atoms with van der Waals surface area (Å²) in [6.45, 7) is 4.28. The highest BCUT2D eigenvalue weighted by atomic mass is 35.5. The molecule has 0 aliphatic heterocycles. The summed E-state index contributed by atoms with van der Waals surface area (Å²) >= 11 is 6.39. The standard InChI is InChI=1S/C19H17ClN2O/c1-13-7-9-15(10-8-13)11-21-23-12-18-19(20)14(2)16-5-3-4-6-17(16)22-18/h3-11H,12H2,1-2H3/b21-11-. The number of aromatic nitrogens is 1. The first-order valence-electron chi connectivity index (χ1n) is 7.41. The molecule has 0 saturated heterocycles. The lowest BCUT2D eigenvalue weighted by Gasteiger charge is -2.09. The Morgan fingerprint density at radius 1 is 1.09 bits per heavy atom. The molecule has 1 heterocycles. The molecule has 3 rings (SSSR count). The van der Waals surface area contributed by atoms with Gasteiger partial charge in [-0.1, -0.05) is 64.8 Å². The number of aryl methyl sites for hydroxylation is 2. The topological polar surface area (TPSA) is 34.5 Å². The molecule has 0 N–H and O–H groups in total. The van der Waals surface area contributed by atoms with Crippen LogP contribution in [0, 0.1) is 13.8 Å². The highest BCUT2D eigenvalue weighted by Crippen LogP contribution is 2.27. The number of nitrogens with zero attached hydrogens (tertiary/aromatic N) is 2. The molecule has 3 nitrogen and oxygen atoms in total. The highest BCUT2D eigenvalue weighted by Gasteiger charge is 2.10. The van der Waals surface area contributed by atoms with E-state index in [4.69, 9.17) is 16.4 Å². The van der Waals surface area contributed by atoms with Crippen molar-refractivity contribution >= 4 is 28.7 Å². The smallest absolute Gasteiger partial charge is 0.160 e. The third-order valence-corrected chi connectivity index (χ3v) is 4.20. The summed E-state index contributed by atoms with van der Waals surface area (Å²) in [5, 5.41) is 5.69. The third kappa shape index (κ3) is 3.51. The molecule has 0 atom stereocenters. The van der Waals surface area contributed by atoms with Crippen molar-refractivity contribution in [1.82, 2.24) is 4.98 Å². The van der Waals surface area contributed by atoms with Crippen LogP contribution in [0.3, 0.4) is 0 Å². The molecular weight excluding hydrogens is 308 g/mol. The third-order valence-electron chi connectivity index (χ3n) is 3.70. The Labute approximate surface area is 140 Å². The van der Waals surface area contributed by atoms with Crippen molar-refractivity contribution in [1.29, 1.82) is 0 Å². The molecule has 0 bridgehead atoms. The minimum atomic E-state index is 0.243. The summed E-state index contributed by atoms with van der Waals surface area (Å²) < 4.78 is 0. The first kappa shape index (κ1) is 15.5. The summed E-state index contributed by atoms with van der Waals surface area (Å²) in [7, 11) is 0.